The summed E-state index contributed by atoms with van der Waals surface area (Å²) < 4.78 is 18.1. The van der Waals surface area contributed by atoms with E-state index in [0.29, 0.717) is 47.5 Å². The van der Waals surface area contributed by atoms with Crippen molar-refractivity contribution in [3.63, 3.8) is 0 Å². The number of imide groups is 1. The molecule has 354 valence electrons. The van der Waals surface area contributed by atoms with Gasteiger partial charge in [-0.25, -0.2) is 18.7 Å². The molecule has 4 N–H and O–H groups in total. The number of benzene rings is 3. The first-order chi connectivity index (χ1) is 33.6. The fraction of sp³-hybridized carbons (Fsp3) is 0.365. The van der Waals surface area contributed by atoms with Crippen molar-refractivity contribution in [2.75, 3.05) is 43.9 Å². The number of amides is 3. The Kier molecular flexibility index (Phi) is 11.8. The number of halogens is 1. The zero-order chi connectivity index (χ0) is 47.3. The summed E-state index contributed by atoms with van der Waals surface area (Å²) in [6.07, 6.45) is 8.00. The van der Waals surface area contributed by atoms with Gasteiger partial charge in [0.15, 0.2) is 17.2 Å². The lowest BCUT2D eigenvalue weighted by molar-refractivity contribution is -0.135. The van der Waals surface area contributed by atoms with Gasteiger partial charge in [-0.05, 0) is 90.6 Å². The van der Waals surface area contributed by atoms with Gasteiger partial charge in [0.2, 0.25) is 11.8 Å². The molecule has 17 heteroatoms. The van der Waals surface area contributed by atoms with Gasteiger partial charge < -0.3 is 16.0 Å². The predicted molar refractivity (Wildman–Crippen MR) is 262 cm³/mol. The van der Waals surface area contributed by atoms with Crippen LogP contribution in [0.1, 0.15) is 78.5 Å². The quantitative estimate of drug-likeness (QED) is 0.0978. The number of rotatable bonds is 12. The lowest BCUT2D eigenvalue weighted by Gasteiger charge is -2.42. The van der Waals surface area contributed by atoms with E-state index in [-0.39, 0.29) is 23.7 Å². The zero-order valence-corrected chi connectivity index (χ0v) is 38.7. The summed E-state index contributed by atoms with van der Waals surface area (Å²) in [6.45, 7) is 5.04. The summed E-state index contributed by atoms with van der Waals surface area (Å²) in [7, 11) is 3.51. The van der Waals surface area contributed by atoms with Gasteiger partial charge in [0, 0.05) is 89.2 Å². The van der Waals surface area contributed by atoms with Gasteiger partial charge in [-0.15, -0.1) is 5.10 Å². The van der Waals surface area contributed by atoms with Crippen molar-refractivity contribution in [3.05, 3.63) is 125 Å². The molecule has 11 rings (SSSR count). The maximum atomic E-state index is 13.5. The largest absolute Gasteiger partial charge is 0.385 e. The van der Waals surface area contributed by atoms with Crippen molar-refractivity contribution in [2.45, 2.75) is 81.7 Å². The molecule has 1 unspecified atom stereocenters. The van der Waals surface area contributed by atoms with Crippen LogP contribution in [-0.2, 0) is 23.2 Å². The molecule has 4 fully saturated rings. The van der Waals surface area contributed by atoms with Crippen LogP contribution in [0.15, 0.2) is 102 Å². The van der Waals surface area contributed by atoms with Gasteiger partial charge in [-0.2, -0.15) is 0 Å². The van der Waals surface area contributed by atoms with Crippen molar-refractivity contribution in [2.24, 2.45) is 7.05 Å². The van der Waals surface area contributed by atoms with Crippen LogP contribution in [0.4, 0.5) is 21.6 Å². The number of nitrogens with zero attached hydrogens (tertiary/aromatic N) is 8. The summed E-state index contributed by atoms with van der Waals surface area (Å²) in [5, 5.41) is 16.3. The number of imidazole rings is 2. The lowest BCUT2D eigenvalue weighted by Crippen LogP contribution is -2.50. The number of hydrogen-bond donors (Lipinski definition) is 4. The normalized spacial score (nSPS) is 22.2. The average Bonchev–Trinajstić information content (AvgIpc) is 3.78. The van der Waals surface area contributed by atoms with Crippen molar-refractivity contribution in [3.8, 4) is 22.4 Å². The smallest absolute Gasteiger partial charge is 0.329 e. The third-order valence-electron chi connectivity index (χ3n) is 14.6. The molecule has 69 heavy (non-hydrogen) atoms. The second-order valence-corrected chi connectivity index (χ2v) is 19.0. The highest BCUT2D eigenvalue weighted by atomic mass is 19.1. The lowest BCUT2D eigenvalue weighted by atomic mass is 9.80. The summed E-state index contributed by atoms with van der Waals surface area (Å²) in [5.74, 6) is -0.0989. The van der Waals surface area contributed by atoms with E-state index in [0.717, 1.165) is 66.3 Å². The molecule has 16 nitrogen and oxygen atoms in total. The topological polar surface area (TPSA) is 176 Å². The van der Waals surface area contributed by atoms with Crippen LogP contribution in [0, 0.1) is 0 Å². The van der Waals surface area contributed by atoms with Crippen LogP contribution in [0.5, 0.6) is 0 Å². The number of hydrogen-bond acceptors (Lipinski definition) is 11. The molecule has 2 aliphatic heterocycles. The van der Waals surface area contributed by atoms with Crippen LogP contribution in [-0.4, -0.2) is 108 Å². The second-order valence-electron chi connectivity index (χ2n) is 19.0. The maximum absolute atomic E-state index is 13.5. The first-order valence-electron chi connectivity index (χ1n) is 24.0. The van der Waals surface area contributed by atoms with Crippen molar-refractivity contribution < 1.29 is 18.8 Å². The molecule has 4 aliphatic rings. The van der Waals surface area contributed by atoms with Crippen molar-refractivity contribution in [1.82, 2.24) is 49.1 Å². The van der Waals surface area contributed by atoms with Gasteiger partial charge in [0.1, 0.15) is 12.2 Å². The van der Waals surface area contributed by atoms with Gasteiger partial charge in [0.25, 0.3) is 5.91 Å². The molecule has 3 amide bonds. The molecule has 0 bridgehead atoms. The molecule has 3 aromatic carbocycles. The Hall–Kier alpha value is -7.24. The highest BCUT2D eigenvalue weighted by Gasteiger charge is 2.39. The molecule has 2 saturated heterocycles. The summed E-state index contributed by atoms with van der Waals surface area (Å²) in [5.41, 5.74) is 9.87. The third-order valence-corrected chi connectivity index (χ3v) is 14.6. The Morgan fingerprint density at radius 1 is 0.826 bits per heavy atom. The third kappa shape index (κ3) is 8.87. The van der Waals surface area contributed by atoms with Crippen LogP contribution < -0.4 is 27.0 Å². The molecule has 4 aromatic heterocycles. The Balaban J connectivity index is 0.660. The molecule has 2 aliphatic carbocycles. The van der Waals surface area contributed by atoms with Gasteiger partial charge >= 0.3 is 5.69 Å². The number of aromatic nitrogens is 6. The van der Waals surface area contributed by atoms with Crippen LogP contribution in [0.3, 0.4) is 0 Å². The van der Waals surface area contributed by atoms with Crippen LogP contribution in [0.25, 0.3) is 39.1 Å². The molecule has 7 aromatic rings. The van der Waals surface area contributed by atoms with E-state index in [2.05, 4.69) is 77.5 Å². The first-order valence-corrected chi connectivity index (χ1v) is 24.0. The van der Waals surface area contributed by atoms with E-state index >= 15 is 0 Å². The number of alkyl halides is 1. The molecule has 6 heterocycles. The number of pyridine rings is 1. The summed E-state index contributed by atoms with van der Waals surface area (Å²) in [4.78, 5) is 65.0. The predicted octanol–water partition coefficient (Wildman–Crippen LogP) is 6.56. The minimum Gasteiger partial charge on any atom is -0.385 e. The number of carbonyl (C=O) groups excluding carboxylic acids is 3. The van der Waals surface area contributed by atoms with E-state index in [1.54, 1.807) is 18.7 Å². The number of aryl methyl sites for hydroxylation is 1. The highest BCUT2D eigenvalue weighted by Crippen LogP contribution is 2.37. The monoisotopic (exact) mass is 930 g/mol. The minimum atomic E-state index is -1.01. The minimum absolute atomic E-state index is 0.212. The molecule has 0 spiro atoms. The van der Waals surface area contributed by atoms with E-state index in [1.807, 2.05) is 54.7 Å². The van der Waals surface area contributed by atoms with E-state index in [4.69, 9.17) is 4.98 Å². The fourth-order valence-electron chi connectivity index (χ4n) is 10.6. The van der Waals surface area contributed by atoms with E-state index < -0.39 is 30.1 Å². The van der Waals surface area contributed by atoms with Crippen molar-refractivity contribution >= 4 is 51.6 Å². The molecular weight excluding hydrogens is 876 g/mol. The number of fused-ring (bicyclic) bond motifs is 2. The fourth-order valence-corrected chi connectivity index (χ4v) is 10.6. The average molecular weight is 931 g/mol. The van der Waals surface area contributed by atoms with E-state index in [1.165, 1.54) is 52.1 Å². The van der Waals surface area contributed by atoms with E-state index in [9.17, 15) is 23.6 Å². The zero-order valence-electron chi connectivity index (χ0n) is 38.7. The summed E-state index contributed by atoms with van der Waals surface area (Å²) >= 11 is 0. The summed E-state index contributed by atoms with van der Waals surface area (Å²) in [6, 6.07) is 28.3. The standard InChI is InChI=1S/C52H55FN12O4/c1-54-42-27-47(60-65-46(29-56-49(42)65)51(68)58-41-26-39(41)53)57-37-5-3-4-36(24-37)40-16-6-31(28-55-40)30-62-20-22-63(23-21-62)38-14-11-33(12-15-38)32-7-9-34(10-8-32)35-13-17-43-45(25-35)61(2)52(69)64(43)44-18-19-48(66)59-50(44)67/h3-10,13,16-17,24-25,27-29,33,38-39,41,44,54H,11-12,14-15,18-23,26,30H2,1-2H3,(H,57,60)(H,58,68)(H,59,66,67)/t33?,38?,39-,41+,44?/m0/s1. The van der Waals surface area contributed by atoms with Crippen molar-refractivity contribution in [1.29, 1.82) is 0 Å². The maximum Gasteiger partial charge on any atom is 0.329 e. The molecule has 2 saturated carbocycles. The number of carbonyl (C=O) groups is 3. The first kappa shape index (κ1) is 44.3. The number of anilines is 3. The number of piperidine rings is 1. The number of nitrogens with one attached hydrogen (secondary N) is 4. The molecule has 0 radical (unpaired) electrons. The van der Waals surface area contributed by atoms with Gasteiger partial charge in [-0.3, -0.25) is 43.6 Å². The Morgan fingerprint density at radius 2 is 1.61 bits per heavy atom. The highest BCUT2D eigenvalue weighted by molar-refractivity contribution is 6.00. The number of piperazine rings is 1. The van der Waals surface area contributed by atoms with Crippen LogP contribution in [0.2, 0.25) is 0 Å². The van der Waals surface area contributed by atoms with Crippen LogP contribution >= 0.6 is 0 Å². The Labute approximate surface area is 397 Å². The molecular formula is C52H55FN12O4. The molecule has 3 atom stereocenters. The Bertz CT molecular complexity index is 3150. The Morgan fingerprint density at radius 3 is 2.33 bits per heavy atom. The van der Waals surface area contributed by atoms with Gasteiger partial charge in [-0.1, -0.05) is 48.5 Å². The second kappa shape index (κ2) is 18.3. The SMILES string of the molecule is CNc1cc(Nc2cccc(-c3ccc(CN4CCN(C5CCC(c6ccc(-c7ccc8c(c7)n(C)c(=O)n8C7CCC(=O)NC7=O)cc6)CC5)CC4)cn3)c2)nn2c(C(=O)N[C@@H]3C[C@@H]3F)cnc12. The van der Waals surface area contributed by atoms with Gasteiger partial charge in [0.05, 0.1) is 34.7 Å².